The van der Waals surface area contributed by atoms with Crippen molar-refractivity contribution in [2.45, 2.75) is 24.6 Å². The molecule has 1 aliphatic carbocycles. The Balaban J connectivity index is 0.00000180. The SMILES string of the molecule is C[N+]1=CN(S(=O)(=O)C2C=CC=CC=C2)CC1(C)C.[I-]. The van der Waals surface area contributed by atoms with Crippen LogP contribution in [0.3, 0.4) is 0 Å². The summed E-state index contributed by atoms with van der Waals surface area (Å²) in [4.78, 5) is 0. The molecule has 19 heavy (non-hydrogen) atoms. The van der Waals surface area contributed by atoms with Gasteiger partial charge in [0.1, 0.15) is 17.3 Å². The Kier molecular flexibility index (Phi) is 5.00. The summed E-state index contributed by atoms with van der Waals surface area (Å²) in [6.07, 6.45) is 12.3. The molecule has 0 aromatic carbocycles. The topological polar surface area (TPSA) is 40.4 Å². The van der Waals surface area contributed by atoms with E-state index in [0.717, 1.165) is 0 Å². The molecule has 1 aliphatic heterocycles. The molecule has 4 nitrogen and oxygen atoms in total. The van der Waals surface area contributed by atoms with Crippen LogP contribution in [0, 0.1) is 0 Å². The molecule has 6 heteroatoms. The lowest BCUT2D eigenvalue weighted by molar-refractivity contribution is -0.559. The Morgan fingerprint density at radius 2 is 1.68 bits per heavy atom. The first-order valence-corrected chi connectivity index (χ1v) is 7.45. The number of likely N-dealkylation sites (N-methyl/N-ethyl adjacent to an activating group) is 1. The molecule has 0 unspecified atom stereocenters. The van der Waals surface area contributed by atoms with Crippen LogP contribution in [-0.2, 0) is 10.0 Å². The first kappa shape index (κ1) is 16.4. The van der Waals surface area contributed by atoms with E-state index in [1.54, 1.807) is 30.6 Å². The number of hydrogen-bond acceptors (Lipinski definition) is 2. The lowest BCUT2D eigenvalue weighted by atomic mass is 10.1. The van der Waals surface area contributed by atoms with Gasteiger partial charge in [0.2, 0.25) is 6.34 Å². The van der Waals surface area contributed by atoms with Gasteiger partial charge in [0.25, 0.3) is 0 Å². The minimum absolute atomic E-state index is 0. The molecule has 0 amide bonds. The normalized spacial score (nSPS) is 22.1. The molecule has 2 aliphatic rings. The van der Waals surface area contributed by atoms with Crippen molar-refractivity contribution in [2.75, 3.05) is 13.6 Å². The van der Waals surface area contributed by atoms with Gasteiger partial charge < -0.3 is 24.0 Å². The van der Waals surface area contributed by atoms with Crippen molar-refractivity contribution in [1.82, 2.24) is 4.31 Å². The molecule has 0 saturated carbocycles. The zero-order valence-electron chi connectivity index (χ0n) is 11.3. The maximum Gasteiger partial charge on any atom is 0.310 e. The van der Waals surface area contributed by atoms with Crippen molar-refractivity contribution in [2.24, 2.45) is 0 Å². The van der Waals surface area contributed by atoms with Crippen LogP contribution < -0.4 is 24.0 Å². The minimum Gasteiger partial charge on any atom is -1.00 e. The van der Waals surface area contributed by atoms with Crippen LogP contribution in [0.25, 0.3) is 0 Å². The van der Waals surface area contributed by atoms with E-state index in [9.17, 15) is 8.42 Å². The highest BCUT2D eigenvalue weighted by Gasteiger charge is 2.44. The highest BCUT2D eigenvalue weighted by molar-refractivity contribution is 7.90. The van der Waals surface area contributed by atoms with E-state index in [1.807, 2.05) is 37.6 Å². The fourth-order valence-electron chi connectivity index (χ4n) is 1.93. The molecule has 0 aromatic rings. The van der Waals surface area contributed by atoms with E-state index in [4.69, 9.17) is 0 Å². The van der Waals surface area contributed by atoms with Crippen LogP contribution in [0.2, 0.25) is 0 Å². The summed E-state index contributed by atoms with van der Waals surface area (Å²) in [5, 5.41) is -0.592. The third-order valence-corrected chi connectivity index (χ3v) is 5.28. The lowest BCUT2D eigenvalue weighted by Gasteiger charge is -2.17. The average molecular weight is 394 g/mol. The van der Waals surface area contributed by atoms with Crippen LogP contribution in [0.4, 0.5) is 0 Å². The molecule has 0 fully saturated rings. The smallest absolute Gasteiger partial charge is 0.310 e. The van der Waals surface area contributed by atoms with Crippen LogP contribution in [-0.4, -0.2) is 48.0 Å². The van der Waals surface area contributed by atoms with Crippen LogP contribution in [0.5, 0.6) is 0 Å². The standard InChI is InChI=1S/C13H19N2O2S.HI/c1-13(2)10-15(11-14(13)3)18(16,17)12-8-6-4-5-7-9-12;/h4-9,11-12H,10H2,1-3H3;1H/q+1;/p-1. The molecule has 1 heterocycles. The van der Waals surface area contributed by atoms with Crippen LogP contribution in [0.1, 0.15) is 13.8 Å². The summed E-state index contributed by atoms with van der Waals surface area (Å²) in [5.74, 6) is 0. The van der Waals surface area contributed by atoms with Gasteiger partial charge in [0, 0.05) is 0 Å². The van der Waals surface area contributed by atoms with Gasteiger partial charge in [0.05, 0.1) is 7.05 Å². The van der Waals surface area contributed by atoms with Crippen molar-refractivity contribution in [1.29, 1.82) is 0 Å². The van der Waals surface area contributed by atoms with E-state index in [0.29, 0.717) is 6.54 Å². The van der Waals surface area contributed by atoms with E-state index in [1.165, 1.54) is 4.31 Å². The third kappa shape index (κ3) is 3.28. The van der Waals surface area contributed by atoms with Gasteiger partial charge in [-0.1, -0.05) is 36.5 Å². The van der Waals surface area contributed by atoms with E-state index in [-0.39, 0.29) is 29.5 Å². The summed E-state index contributed by atoms with van der Waals surface area (Å²) in [7, 11) is -1.47. The zero-order chi connectivity index (χ0) is 13.4. The van der Waals surface area contributed by atoms with Gasteiger partial charge in [0.15, 0.2) is 0 Å². The number of halogens is 1. The monoisotopic (exact) mass is 394 g/mol. The maximum absolute atomic E-state index is 12.5. The van der Waals surface area contributed by atoms with Crippen molar-refractivity contribution in [3.63, 3.8) is 0 Å². The maximum atomic E-state index is 12.5. The molecule has 0 radical (unpaired) electrons. The van der Waals surface area contributed by atoms with Gasteiger partial charge in [-0.2, -0.15) is 12.7 Å². The average Bonchev–Trinajstić information content (AvgIpc) is 2.51. The Morgan fingerprint density at radius 3 is 2.11 bits per heavy atom. The van der Waals surface area contributed by atoms with E-state index >= 15 is 0 Å². The lowest BCUT2D eigenvalue weighted by Crippen LogP contribution is -3.00. The summed E-state index contributed by atoms with van der Waals surface area (Å²) in [6.45, 7) is 4.54. The van der Waals surface area contributed by atoms with Crippen molar-refractivity contribution < 1.29 is 37.0 Å². The molecular weight excluding hydrogens is 375 g/mol. The number of allylic oxidation sites excluding steroid dienone is 4. The second-order valence-electron chi connectivity index (χ2n) is 5.25. The summed E-state index contributed by atoms with van der Waals surface area (Å²) in [6, 6.07) is 0. The number of hydrogen-bond donors (Lipinski definition) is 0. The number of nitrogens with zero attached hydrogens (tertiary/aromatic N) is 2. The molecular formula is C13H19IN2O2S. The second kappa shape index (κ2) is 5.78. The molecule has 0 N–H and O–H groups in total. The van der Waals surface area contributed by atoms with Gasteiger partial charge in [-0.25, -0.2) is 0 Å². The predicted octanol–water partition coefficient (Wildman–Crippen LogP) is -1.86. The highest BCUT2D eigenvalue weighted by atomic mass is 127. The predicted molar refractivity (Wildman–Crippen MR) is 73.2 cm³/mol. The fourth-order valence-corrected chi connectivity index (χ4v) is 3.59. The first-order valence-electron chi connectivity index (χ1n) is 5.94. The highest BCUT2D eigenvalue weighted by Crippen LogP contribution is 2.21. The molecule has 0 atom stereocenters. The van der Waals surface area contributed by atoms with E-state index < -0.39 is 15.3 Å². The van der Waals surface area contributed by atoms with E-state index in [2.05, 4.69) is 0 Å². The summed E-state index contributed by atoms with van der Waals surface area (Å²) in [5.41, 5.74) is -0.163. The third-order valence-electron chi connectivity index (χ3n) is 3.41. The number of sulfonamides is 1. The molecule has 2 rings (SSSR count). The first-order chi connectivity index (χ1) is 8.34. The van der Waals surface area contributed by atoms with Crippen molar-refractivity contribution in [3.05, 3.63) is 36.5 Å². The van der Waals surface area contributed by atoms with Crippen molar-refractivity contribution >= 4 is 16.4 Å². The van der Waals surface area contributed by atoms with Gasteiger partial charge in [-0.05, 0) is 13.8 Å². The van der Waals surface area contributed by atoms with Gasteiger partial charge in [-0.15, -0.1) is 0 Å². The minimum atomic E-state index is -3.37. The Bertz CT molecular complexity index is 543. The van der Waals surface area contributed by atoms with Gasteiger partial charge in [-0.3, -0.25) is 4.58 Å². The quantitative estimate of drug-likeness (QED) is 0.407. The van der Waals surface area contributed by atoms with Crippen LogP contribution >= 0.6 is 0 Å². The van der Waals surface area contributed by atoms with Crippen LogP contribution in [0.15, 0.2) is 36.5 Å². The molecule has 0 bridgehead atoms. The molecule has 106 valence electrons. The Hall–Kier alpha value is -0.630. The molecule has 0 saturated heterocycles. The largest absolute Gasteiger partial charge is 1.00 e. The Labute approximate surface area is 132 Å². The summed E-state index contributed by atoms with van der Waals surface area (Å²) < 4.78 is 28.4. The van der Waals surface area contributed by atoms with Gasteiger partial charge >= 0.3 is 10.0 Å². The van der Waals surface area contributed by atoms with Crippen molar-refractivity contribution in [3.8, 4) is 0 Å². The summed E-state index contributed by atoms with van der Waals surface area (Å²) >= 11 is 0. The molecule has 0 spiro atoms. The molecule has 0 aromatic heterocycles. The Morgan fingerprint density at radius 1 is 1.16 bits per heavy atom. The zero-order valence-corrected chi connectivity index (χ0v) is 14.3. The number of rotatable bonds is 2. The second-order valence-corrected chi connectivity index (χ2v) is 7.29. The fraction of sp³-hybridized carbons (Fsp3) is 0.462.